The quantitative estimate of drug-likeness (QED) is 0.640. The van der Waals surface area contributed by atoms with E-state index in [0.717, 1.165) is 5.56 Å². The van der Waals surface area contributed by atoms with Crippen molar-refractivity contribution in [3.05, 3.63) is 59.2 Å². The Morgan fingerprint density at radius 1 is 1.20 bits per heavy atom. The molecule has 0 fully saturated rings. The zero-order valence-electron chi connectivity index (χ0n) is 14.5. The molecule has 5 nitrogen and oxygen atoms in total. The van der Waals surface area contributed by atoms with Gasteiger partial charge < -0.3 is 14.8 Å². The lowest BCUT2D eigenvalue weighted by molar-refractivity contribution is -0.112. The number of nitrogens with one attached hydrogen (secondary N) is 1. The van der Waals surface area contributed by atoms with Crippen LogP contribution in [0.1, 0.15) is 18.1 Å². The predicted octanol–water partition coefficient (Wildman–Crippen LogP) is 3.95. The van der Waals surface area contributed by atoms with Crippen molar-refractivity contribution in [3.63, 3.8) is 0 Å². The molecule has 1 N–H and O–H groups in total. The number of methoxy groups -OCH3 is 1. The summed E-state index contributed by atoms with van der Waals surface area (Å²) < 4.78 is 10.7. The number of hydrogen-bond acceptors (Lipinski definition) is 4. The highest BCUT2D eigenvalue weighted by Crippen LogP contribution is 2.29. The molecule has 1 amide bonds. The molecule has 0 radical (unpaired) electrons. The lowest BCUT2D eigenvalue weighted by atomic mass is 10.1. The third-order valence-corrected chi connectivity index (χ3v) is 3.47. The Bertz CT molecular complexity index is 818. The number of benzene rings is 2. The van der Waals surface area contributed by atoms with Gasteiger partial charge in [-0.05, 0) is 49.8 Å². The number of carbonyl (C=O) groups excluding carboxylic acids is 1. The number of amides is 1. The second-order valence-corrected chi connectivity index (χ2v) is 5.33. The normalized spacial score (nSPS) is 10.7. The molecule has 0 atom stereocenters. The zero-order valence-corrected chi connectivity index (χ0v) is 14.5. The number of rotatable bonds is 6. The molecule has 0 aliphatic carbocycles. The maximum atomic E-state index is 12.3. The van der Waals surface area contributed by atoms with E-state index < -0.39 is 5.91 Å². The van der Waals surface area contributed by atoms with Crippen LogP contribution in [0.15, 0.2) is 48.0 Å². The van der Waals surface area contributed by atoms with Crippen LogP contribution in [0.25, 0.3) is 6.08 Å². The van der Waals surface area contributed by atoms with Crippen LogP contribution in [0, 0.1) is 18.3 Å². The second kappa shape index (κ2) is 8.55. The van der Waals surface area contributed by atoms with Crippen LogP contribution < -0.4 is 14.8 Å². The summed E-state index contributed by atoms with van der Waals surface area (Å²) in [5, 5.41) is 12.0. The minimum absolute atomic E-state index is 0.00758. The van der Waals surface area contributed by atoms with Gasteiger partial charge in [0.1, 0.15) is 11.6 Å². The highest BCUT2D eigenvalue weighted by molar-refractivity contribution is 6.09. The van der Waals surface area contributed by atoms with Crippen LogP contribution in [0.2, 0.25) is 0 Å². The first-order chi connectivity index (χ1) is 12.1. The average Bonchev–Trinajstić information content (AvgIpc) is 2.62. The van der Waals surface area contributed by atoms with E-state index in [1.807, 2.05) is 32.0 Å². The standard InChI is InChI=1S/C20H20N2O3/c1-4-25-19-12-15(7-10-18(19)24-3)11-16(13-21)20(23)22-17-8-5-14(2)6-9-17/h5-12H,4H2,1-3H3,(H,22,23)/b16-11+. The van der Waals surface area contributed by atoms with E-state index in [0.29, 0.717) is 29.4 Å². The van der Waals surface area contributed by atoms with Crippen molar-refractivity contribution in [2.24, 2.45) is 0 Å². The largest absolute Gasteiger partial charge is 0.493 e. The van der Waals surface area contributed by atoms with Crippen molar-refractivity contribution in [1.29, 1.82) is 5.26 Å². The number of ether oxygens (including phenoxy) is 2. The maximum absolute atomic E-state index is 12.3. The van der Waals surface area contributed by atoms with E-state index in [-0.39, 0.29) is 5.57 Å². The number of hydrogen-bond donors (Lipinski definition) is 1. The van der Waals surface area contributed by atoms with Crippen LogP contribution in [0.5, 0.6) is 11.5 Å². The van der Waals surface area contributed by atoms with Gasteiger partial charge in [0, 0.05) is 5.69 Å². The van der Waals surface area contributed by atoms with Gasteiger partial charge in [-0.3, -0.25) is 4.79 Å². The Balaban J connectivity index is 2.24. The van der Waals surface area contributed by atoms with Gasteiger partial charge in [-0.25, -0.2) is 0 Å². The molecule has 25 heavy (non-hydrogen) atoms. The van der Waals surface area contributed by atoms with Crippen LogP contribution in [-0.2, 0) is 4.79 Å². The summed E-state index contributed by atoms with van der Waals surface area (Å²) in [7, 11) is 1.56. The summed E-state index contributed by atoms with van der Waals surface area (Å²) in [5.41, 5.74) is 2.42. The van der Waals surface area contributed by atoms with E-state index in [2.05, 4.69) is 5.32 Å². The molecule has 2 rings (SSSR count). The van der Waals surface area contributed by atoms with Crippen LogP contribution in [-0.4, -0.2) is 19.6 Å². The fourth-order valence-electron chi connectivity index (χ4n) is 2.20. The van der Waals surface area contributed by atoms with Crippen molar-refractivity contribution in [1.82, 2.24) is 0 Å². The first kappa shape index (κ1) is 18.1. The fourth-order valence-corrected chi connectivity index (χ4v) is 2.20. The molecule has 0 aliphatic rings. The molecule has 0 aromatic heterocycles. The van der Waals surface area contributed by atoms with Gasteiger partial charge in [-0.15, -0.1) is 0 Å². The molecular weight excluding hydrogens is 316 g/mol. The first-order valence-electron chi connectivity index (χ1n) is 7.88. The maximum Gasteiger partial charge on any atom is 0.266 e. The summed E-state index contributed by atoms with van der Waals surface area (Å²) >= 11 is 0. The van der Waals surface area contributed by atoms with Crippen LogP contribution in [0.3, 0.4) is 0 Å². The van der Waals surface area contributed by atoms with E-state index in [9.17, 15) is 10.1 Å². The smallest absolute Gasteiger partial charge is 0.266 e. The van der Waals surface area contributed by atoms with Crippen LogP contribution in [0.4, 0.5) is 5.69 Å². The van der Waals surface area contributed by atoms with Crippen molar-refractivity contribution in [3.8, 4) is 17.6 Å². The van der Waals surface area contributed by atoms with Gasteiger partial charge in [-0.1, -0.05) is 23.8 Å². The summed E-state index contributed by atoms with van der Waals surface area (Å²) in [4.78, 5) is 12.3. The highest BCUT2D eigenvalue weighted by Gasteiger charge is 2.11. The Morgan fingerprint density at radius 2 is 1.92 bits per heavy atom. The molecule has 0 heterocycles. The van der Waals surface area contributed by atoms with Gasteiger partial charge in [0.2, 0.25) is 0 Å². The zero-order chi connectivity index (χ0) is 18.2. The highest BCUT2D eigenvalue weighted by atomic mass is 16.5. The van der Waals surface area contributed by atoms with Gasteiger partial charge in [0.05, 0.1) is 13.7 Å². The van der Waals surface area contributed by atoms with E-state index in [4.69, 9.17) is 9.47 Å². The lowest BCUT2D eigenvalue weighted by Crippen LogP contribution is -2.13. The molecule has 0 saturated carbocycles. The third kappa shape index (κ3) is 4.85. The predicted molar refractivity (Wildman–Crippen MR) is 97.6 cm³/mol. The van der Waals surface area contributed by atoms with Crippen molar-refractivity contribution >= 4 is 17.7 Å². The Morgan fingerprint density at radius 3 is 2.52 bits per heavy atom. The fraction of sp³-hybridized carbons (Fsp3) is 0.200. The first-order valence-corrected chi connectivity index (χ1v) is 7.88. The number of aryl methyl sites for hydroxylation is 1. The summed E-state index contributed by atoms with van der Waals surface area (Å²) in [6.07, 6.45) is 1.52. The Hall–Kier alpha value is -3.26. The topological polar surface area (TPSA) is 71.3 Å². The number of nitrogens with zero attached hydrogens (tertiary/aromatic N) is 1. The Kier molecular flexibility index (Phi) is 6.19. The molecule has 5 heteroatoms. The molecule has 0 spiro atoms. The van der Waals surface area contributed by atoms with E-state index in [1.54, 1.807) is 37.4 Å². The molecule has 0 aliphatic heterocycles. The monoisotopic (exact) mass is 336 g/mol. The lowest BCUT2D eigenvalue weighted by Gasteiger charge is -2.10. The second-order valence-electron chi connectivity index (χ2n) is 5.33. The number of carbonyl (C=O) groups is 1. The SMILES string of the molecule is CCOc1cc(/C=C(\C#N)C(=O)Nc2ccc(C)cc2)ccc1OC. The summed E-state index contributed by atoms with van der Waals surface area (Å²) in [6, 6.07) is 14.5. The minimum atomic E-state index is -0.458. The third-order valence-electron chi connectivity index (χ3n) is 3.47. The Labute approximate surface area is 147 Å². The summed E-state index contributed by atoms with van der Waals surface area (Å²) in [5.74, 6) is 0.705. The molecule has 0 bridgehead atoms. The molecule has 2 aromatic rings. The number of nitriles is 1. The average molecular weight is 336 g/mol. The van der Waals surface area contributed by atoms with E-state index >= 15 is 0 Å². The molecule has 0 unspecified atom stereocenters. The molecule has 0 saturated heterocycles. The van der Waals surface area contributed by atoms with Crippen molar-refractivity contribution in [2.45, 2.75) is 13.8 Å². The van der Waals surface area contributed by atoms with Crippen molar-refractivity contribution < 1.29 is 14.3 Å². The number of anilines is 1. The van der Waals surface area contributed by atoms with Gasteiger partial charge >= 0.3 is 0 Å². The van der Waals surface area contributed by atoms with Gasteiger partial charge in [-0.2, -0.15) is 5.26 Å². The van der Waals surface area contributed by atoms with Crippen molar-refractivity contribution in [2.75, 3.05) is 19.0 Å². The molecule has 128 valence electrons. The molecular formula is C20H20N2O3. The van der Waals surface area contributed by atoms with E-state index in [1.165, 1.54) is 6.08 Å². The summed E-state index contributed by atoms with van der Waals surface area (Å²) in [6.45, 7) is 4.33. The minimum Gasteiger partial charge on any atom is -0.493 e. The van der Waals surface area contributed by atoms with Crippen LogP contribution >= 0.6 is 0 Å². The molecule has 2 aromatic carbocycles. The van der Waals surface area contributed by atoms with Gasteiger partial charge in [0.25, 0.3) is 5.91 Å². The van der Waals surface area contributed by atoms with Gasteiger partial charge in [0.15, 0.2) is 11.5 Å².